The first kappa shape index (κ1) is 12.3. The maximum absolute atomic E-state index is 13.9. The number of benzene rings is 1. The lowest BCUT2D eigenvalue weighted by atomic mass is 10.1. The zero-order valence-corrected chi connectivity index (χ0v) is 11.2. The van der Waals surface area contributed by atoms with Crippen LogP contribution in [0, 0.1) is 17.1 Å². The van der Waals surface area contributed by atoms with E-state index in [0.29, 0.717) is 17.7 Å². The van der Waals surface area contributed by atoms with Crippen LogP contribution in [0.25, 0.3) is 0 Å². The molecule has 0 atom stereocenters. The van der Waals surface area contributed by atoms with Crippen LogP contribution in [0.3, 0.4) is 0 Å². The van der Waals surface area contributed by atoms with Gasteiger partial charge in [0.1, 0.15) is 5.82 Å². The van der Waals surface area contributed by atoms with E-state index < -0.39 is 0 Å². The van der Waals surface area contributed by atoms with Crippen molar-refractivity contribution in [3.8, 4) is 6.07 Å². The normalized spacial score (nSPS) is 14.9. The molecule has 1 aliphatic heterocycles. The van der Waals surface area contributed by atoms with Crippen molar-refractivity contribution in [3.63, 3.8) is 0 Å². The number of nitriles is 1. The second kappa shape index (κ2) is 5.12. The van der Waals surface area contributed by atoms with E-state index in [9.17, 15) is 4.39 Å². The Morgan fingerprint density at radius 2 is 2.26 bits per heavy atom. The molecule has 0 unspecified atom stereocenters. The van der Waals surface area contributed by atoms with Crippen molar-refractivity contribution in [2.24, 2.45) is 0 Å². The smallest absolute Gasteiger partial charge is 0.129 e. The highest BCUT2D eigenvalue weighted by Gasteiger charge is 2.18. The van der Waals surface area contributed by atoms with Gasteiger partial charge < -0.3 is 0 Å². The first-order chi connectivity index (χ1) is 9.26. The molecule has 19 heavy (non-hydrogen) atoms. The van der Waals surface area contributed by atoms with E-state index in [1.165, 1.54) is 16.5 Å². The van der Waals surface area contributed by atoms with Crippen LogP contribution >= 0.6 is 11.3 Å². The van der Waals surface area contributed by atoms with Crippen LogP contribution in [0.1, 0.15) is 21.6 Å². The standard InChI is InChI=1S/C15H13FN2S/c16-14-7-11(8-17)1-2-12(14)9-18-5-3-15-13(10-18)4-6-19-15/h1-2,4,6-7H,3,5,9-10H2. The van der Waals surface area contributed by atoms with Crippen molar-refractivity contribution < 1.29 is 4.39 Å². The summed E-state index contributed by atoms with van der Waals surface area (Å²) in [5.74, 6) is -0.282. The van der Waals surface area contributed by atoms with Crippen LogP contribution in [-0.2, 0) is 19.5 Å². The van der Waals surface area contributed by atoms with Gasteiger partial charge >= 0.3 is 0 Å². The summed E-state index contributed by atoms with van der Waals surface area (Å²) in [5, 5.41) is 10.9. The van der Waals surface area contributed by atoms with E-state index in [0.717, 1.165) is 19.5 Å². The Morgan fingerprint density at radius 3 is 3.05 bits per heavy atom. The number of nitrogens with zero attached hydrogens (tertiary/aromatic N) is 2. The molecular formula is C15H13FN2S. The molecule has 3 rings (SSSR count). The molecule has 0 fully saturated rings. The van der Waals surface area contributed by atoms with E-state index in [1.807, 2.05) is 6.07 Å². The molecule has 0 spiro atoms. The summed E-state index contributed by atoms with van der Waals surface area (Å²) >= 11 is 1.81. The average molecular weight is 272 g/mol. The number of hydrogen-bond donors (Lipinski definition) is 0. The van der Waals surface area contributed by atoms with Crippen LogP contribution in [0.15, 0.2) is 29.6 Å². The van der Waals surface area contributed by atoms with E-state index >= 15 is 0 Å². The minimum Gasteiger partial charge on any atom is -0.294 e. The summed E-state index contributed by atoms with van der Waals surface area (Å²) in [6, 6.07) is 8.82. The monoisotopic (exact) mass is 272 g/mol. The Labute approximate surface area is 115 Å². The average Bonchev–Trinajstić information content (AvgIpc) is 2.88. The predicted octanol–water partition coefficient (Wildman–Crippen LogP) is 3.32. The quantitative estimate of drug-likeness (QED) is 0.838. The van der Waals surface area contributed by atoms with Gasteiger partial charge in [0.05, 0.1) is 11.6 Å². The van der Waals surface area contributed by atoms with Gasteiger partial charge in [-0.05, 0) is 35.6 Å². The number of fused-ring (bicyclic) bond motifs is 1. The summed E-state index contributed by atoms with van der Waals surface area (Å²) in [4.78, 5) is 3.70. The molecule has 4 heteroatoms. The molecule has 0 saturated carbocycles. The van der Waals surface area contributed by atoms with Gasteiger partial charge in [0.2, 0.25) is 0 Å². The van der Waals surface area contributed by atoms with Crippen LogP contribution in [0.4, 0.5) is 4.39 Å². The van der Waals surface area contributed by atoms with Crippen molar-refractivity contribution in [1.29, 1.82) is 5.26 Å². The summed E-state index contributed by atoms with van der Waals surface area (Å²) in [7, 11) is 0. The second-order valence-corrected chi connectivity index (χ2v) is 5.75. The fourth-order valence-electron chi connectivity index (χ4n) is 2.43. The van der Waals surface area contributed by atoms with E-state index in [-0.39, 0.29) is 5.82 Å². The van der Waals surface area contributed by atoms with Crippen molar-refractivity contribution in [1.82, 2.24) is 4.90 Å². The molecule has 0 bridgehead atoms. The number of rotatable bonds is 2. The van der Waals surface area contributed by atoms with Crippen LogP contribution < -0.4 is 0 Å². The number of halogens is 1. The van der Waals surface area contributed by atoms with Gasteiger partial charge in [0.25, 0.3) is 0 Å². The Kier molecular flexibility index (Phi) is 3.33. The molecule has 1 aliphatic rings. The largest absolute Gasteiger partial charge is 0.294 e. The molecule has 0 N–H and O–H groups in total. The number of hydrogen-bond acceptors (Lipinski definition) is 3. The minimum absolute atomic E-state index is 0.282. The van der Waals surface area contributed by atoms with Gasteiger partial charge in [-0.15, -0.1) is 11.3 Å². The molecule has 0 radical (unpaired) electrons. The number of thiophene rings is 1. The van der Waals surface area contributed by atoms with Gasteiger partial charge in [0, 0.05) is 30.1 Å². The molecule has 96 valence electrons. The highest BCUT2D eigenvalue weighted by molar-refractivity contribution is 7.10. The maximum Gasteiger partial charge on any atom is 0.129 e. The fourth-order valence-corrected chi connectivity index (χ4v) is 3.32. The predicted molar refractivity (Wildman–Crippen MR) is 73.3 cm³/mol. The Balaban J connectivity index is 1.75. The third-order valence-electron chi connectivity index (χ3n) is 3.46. The lowest BCUT2D eigenvalue weighted by Gasteiger charge is -2.26. The Morgan fingerprint density at radius 1 is 1.37 bits per heavy atom. The van der Waals surface area contributed by atoms with Gasteiger partial charge in [0.15, 0.2) is 0 Å². The zero-order valence-electron chi connectivity index (χ0n) is 10.4. The summed E-state index contributed by atoms with van der Waals surface area (Å²) in [6.07, 6.45) is 1.05. The van der Waals surface area contributed by atoms with Crippen LogP contribution in [0.2, 0.25) is 0 Å². The molecule has 0 amide bonds. The third-order valence-corrected chi connectivity index (χ3v) is 4.49. The highest BCUT2D eigenvalue weighted by atomic mass is 32.1. The first-order valence-corrected chi connectivity index (χ1v) is 7.10. The lowest BCUT2D eigenvalue weighted by molar-refractivity contribution is 0.244. The Hall–Kier alpha value is -1.70. The van der Waals surface area contributed by atoms with Crippen molar-refractivity contribution in [2.45, 2.75) is 19.5 Å². The molecule has 0 aliphatic carbocycles. The fraction of sp³-hybridized carbons (Fsp3) is 0.267. The molecular weight excluding hydrogens is 259 g/mol. The zero-order chi connectivity index (χ0) is 13.2. The van der Waals surface area contributed by atoms with Gasteiger partial charge in [-0.3, -0.25) is 4.90 Å². The topological polar surface area (TPSA) is 27.0 Å². The highest BCUT2D eigenvalue weighted by Crippen LogP contribution is 2.25. The van der Waals surface area contributed by atoms with Crippen molar-refractivity contribution in [2.75, 3.05) is 6.54 Å². The maximum atomic E-state index is 13.9. The van der Waals surface area contributed by atoms with Crippen LogP contribution in [-0.4, -0.2) is 11.4 Å². The van der Waals surface area contributed by atoms with E-state index in [1.54, 1.807) is 23.5 Å². The van der Waals surface area contributed by atoms with Gasteiger partial charge in [-0.1, -0.05) is 6.07 Å². The molecule has 0 saturated heterocycles. The summed E-state index contributed by atoms with van der Waals surface area (Å²) < 4.78 is 13.9. The van der Waals surface area contributed by atoms with E-state index in [2.05, 4.69) is 16.3 Å². The molecule has 2 heterocycles. The Bertz CT molecular complexity index is 642. The van der Waals surface area contributed by atoms with Gasteiger partial charge in [-0.25, -0.2) is 4.39 Å². The molecule has 1 aromatic carbocycles. The third kappa shape index (κ3) is 2.53. The summed E-state index contributed by atoms with van der Waals surface area (Å²) in [6.45, 7) is 2.46. The van der Waals surface area contributed by atoms with Crippen LogP contribution in [0.5, 0.6) is 0 Å². The molecule has 2 nitrogen and oxygen atoms in total. The minimum atomic E-state index is -0.282. The lowest BCUT2D eigenvalue weighted by Crippen LogP contribution is -2.29. The van der Waals surface area contributed by atoms with Crippen molar-refractivity contribution in [3.05, 3.63) is 57.0 Å². The van der Waals surface area contributed by atoms with Crippen molar-refractivity contribution >= 4 is 11.3 Å². The first-order valence-electron chi connectivity index (χ1n) is 6.22. The molecule has 2 aromatic rings. The van der Waals surface area contributed by atoms with E-state index in [4.69, 9.17) is 5.26 Å². The SMILES string of the molecule is N#Cc1ccc(CN2CCc3sccc3C2)c(F)c1. The second-order valence-electron chi connectivity index (χ2n) is 4.75. The molecule has 1 aromatic heterocycles. The van der Waals surface area contributed by atoms with Gasteiger partial charge in [-0.2, -0.15) is 5.26 Å². The summed E-state index contributed by atoms with van der Waals surface area (Å²) in [5.41, 5.74) is 2.41.